The number of halogens is 1. The maximum absolute atomic E-state index is 13.2. The van der Waals surface area contributed by atoms with Crippen LogP contribution in [0.1, 0.15) is 69.6 Å². The highest BCUT2D eigenvalue weighted by Gasteiger charge is 2.30. The van der Waals surface area contributed by atoms with Crippen LogP contribution >= 0.6 is 11.6 Å². The van der Waals surface area contributed by atoms with Crippen LogP contribution in [0.15, 0.2) is 18.2 Å². The Bertz CT molecular complexity index is 766. The first kappa shape index (κ1) is 21.4. The zero-order valence-electron chi connectivity index (χ0n) is 18.1. The molecule has 0 aromatic heterocycles. The summed E-state index contributed by atoms with van der Waals surface area (Å²) in [7, 11) is 4.09. The van der Waals surface area contributed by atoms with Gasteiger partial charge in [-0.3, -0.25) is 4.79 Å². The van der Waals surface area contributed by atoms with Crippen molar-refractivity contribution in [2.75, 3.05) is 14.1 Å². The molecule has 154 valence electrons. The van der Waals surface area contributed by atoms with E-state index in [0.717, 1.165) is 47.7 Å². The number of fused-ring (bicyclic) bond motifs is 1. The number of hydrogen-bond donors (Lipinski definition) is 1. The Hall–Kier alpha value is -1.32. The summed E-state index contributed by atoms with van der Waals surface area (Å²) in [5.74, 6) is 1.08. The van der Waals surface area contributed by atoms with Crippen LogP contribution in [0.2, 0.25) is 5.02 Å². The van der Waals surface area contributed by atoms with E-state index in [2.05, 4.69) is 43.1 Å². The fraction of sp³-hybridized carbons (Fsp3) is 0.625. The lowest BCUT2D eigenvalue weighted by Crippen LogP contribution is -2.44. The van der Waals surface area contributed by atoms with Crippen LogP contribution in [0.5, 0.6) is 0 Å². The van der Waals surface area contributed by atoms with E-state index in [1.54, 1.807) is 0 Å². The minimum absolute atomic E-state index is 0.0950. The van der Waals surface area contributed by atoms with Gasteiger partial charge in [0.15, 0.2) is 5.78 Å². The Kier molecular flexibility index (Phi) is 6.56. The molecule has 0 bridgehead atoms. The van der Waals surface area contributed by atoms with Crippen LogP contribution < -0.4 is 5.32 Å². The number of ketones is 1. The van der Waals surface area contributed by atoms with Crippen molar-refractivity contribution in [2.24, 2.45) is 11.8 Å². The molecule has 0 amide bonds. The zero-order valence-corrected chi connectivity index (χ0v) is 18.8. The Morgan fingerprint density at radius 1 is 1.29 bits per heavy atom. The van der Waals surface area contributed by atoms with Gasteiger partial charge in [0.05, 0.1) is 0 Å². The summed E-state index contributed by atoms with van der Waals surface area (Å²) in [5, 5.41) is 4.44. The van der Waals surface area contributed by atoms with E-state index in [4.69, 9.17) is 11.6 Å². The maximum atomic E-state index is 13.2. The van der Waals surface area contributed by atoms with E-state index >= 15 is 0 Å². The van der Waals surface area contributed by atoms with E-state index in [0.29, 0.717) is 5.92 Å². The number of carbonyl (C=O) groups is 1. The molecule has 1 N–H and O–H groups in total. The predicted molar refractivity (Wildman–Crippen MR) is 118 cm³/mol. The molecule has 1 fully saturated rings. The Labute approximate surface area is 175 Å². The Balaban J connectivity index is 1.96. The summed E-state index contributed by atoms with van der Waals surface area (Å²) < 4.78 is 0. The summed E-state index contributed by atoms with van der Waals surface area (Å²) in [6.45, 7) is 7.44. The van der Waals surface area contributed by atoms with Gasteiger partial charge >= 0.3 is 0 Å². The first-order valence-electron chi connectivity index (χ1n) is 10.6. The van der Waals surface area contributed by atoms with Crippen molar-refractivity contribution in [1.82, 2.24) is 10.2 Å². The third kappa shape index (κ3) is 5.18. The number of rotatable bonds is 4. The molecule has 1 aromatic carbocycles. The number of hydrogen-bond acceptors (Lipinski definition) is 3. The third-order valence-electron chi connectivity index (χ3n) is 6.03. The molecule has 1 aliphatic carbocycles. The van der Waals surface area contributed by atoms with Crippen molar-refractivity contribution in [3.05, 3.63) is 39.9 Å². The van der Waals surface area contributed by atoms with Gasteiger partial charge in [0.25, 0.3) is 0 Å². The molecule has 4 heteroatoms. The highest BCUT2D eigenvalue weighted by atomic mass is 35.5. The van der Waals surface area contributed by atoms with Gasteiger partial charge in [0.1, 0.15) is 0 Å². The normalized spacial score (nSPS) is 25.9. The minimum Gasteiger partial charge on any atom is -0.379 e. The molecule has 1 saturated carbocycles. The van der Waals surface area contributed by atoms with Crippen molar-refractivity contribution in [1.29, 1.82) is 0 Å². The number of carbonyl (C=O) groups excluding carboxylic acids is 1. The monoisotopic (exact) mass is 402 g/mol. The minimum atomic E-state index is -0.0950. The molecule has 1 aliphatic heterocycles. The second kappa shape index (κ2) is 8.59. The molecule has 2 atom stereocenters. The summed E-state index contributed by atoms with van der Waals surface area (Å²) >= 11 is 6.57. The second-order valence-electron chi connectivity index (χ2n) is 9.81. The lowest BCUT2D eigenvalue weighted by molar-refractivity contribution is -0.118. The zero-order chi connectivity index (χ0) is 20.5. The standard InChI is InChI=1S/C24H35ClN2O/c1-16-8-6-7-9-17(10-16)23(28)13-22-20-11-19(15-27(4)5)21(25)12-18(20)14-24(2,3)26-22/h11-13,16-17,26H,6-10,14-15H2,1-5H3/b22-13-/t16-,17?/m0/s1. The predicted octanol–water partition coefficient (Wildman–Crippen LogP) is 5.45. The summed E-state index contributed by atoms with van der Waals surface area (Å²) in [6, 6.07) is 4.28. The Morgan fingerprint density at radius 2 is 2.00 bits per heavy atom. The summed E-state index contributed by atoms with van der Waals surface area (Å²) in [4.78, 5) is 15.3. The molecule has 0 spiro atoms. The smallest absolute Gasteiger partial charge is 0.160 e. The van der Waals surface area contributed by atoms with Gasteiger partial charge in [0, 0.05) is 40.4 Å². The van der Waals surface area contributed by atoms with Crippen molar-refractivity contribution in [2.45, 2.75) is 71.4 Å². The van der Waals surface area contributed by atoms with Crippen LogP contribution in [-0.4, -0.2) is 30.3 Å². The van der Waals surface area contributed by atoms with Gasteiger partial charge in [-0.2, -0.15) is 0 Å². The lowest BCUT2D eigenvalue weighted by Gasteiger charge is -2.36. The molecule has 3 rings (SSSR count). The number of nitrogens with zero attached hydrogens (tertiary/aromatic N) is 1. The van der Waals surface area contributed by atoms with E-state index in [1.807, 2.05) is 20.2 Å². The average Bonchev–Trinajstić information content (AvgIpc) is 2.79. The highest BCUT2D eigenvalue weighted by Crippen LogP contribution is 2.35. The first-order valence-corrected chi connectivity index (χ1v) is 11.0. The molecule has 0 radical (unpaired) electrons. The van der Waals surface area contributed by atoms with Crippen LogP contribution in [0.3, 0.4) is 0 Å². The van der Waals surface area contributed by atoms with Crippen LogP contribution in [0, 0.1) is 11.8 Å². The number of benzene rings is 1. The van der Waals surface area contributed by atoms with Crippen molar-refractivity contribution in [3.8, 4) is 0 Å². The van der Waals surface area contributed by atoms with Crippen LogP contribution in [0.4, 0.5) is 0 Å². The first-order chi connectivity index (χ1) is 13.1. The van der Waals surface area contributed by atoms with Gasteiger partial charge in [0.2, 0.25) is 0 Å². The maximum Gasteiger partial charge on any atom is 0.160 e. The van der Waals surface area contributed by atoms with Gasteiger partial charge in [-0.15, -0.1) is 0 Å². The van der Waals surface area contributed by atoms with Gasteiger partial charge in [-0.25, -0.2) is 0 Å². The third-order valence-corrected chi connectivity index (χ3v) is 6.38. The van der Waals surface area contributed by atoms with E-state index in [9.17, 15) is 4.79 Å². The largest absolute Gasteiger partial charge is 0.379 e. The second-order valence-corrected chi connectivity index (χ2v) is 10.2. The van der Waals surface area contributed by atoms with Crippen molar-refractivity contribution >= 4 is 23.1 Å². The molecule has 1 unspecified atom stereocenters. The quantitative estimate of drug-likeness (QED) is 0.536. The number of allylic oxidation sites excluding steroid dienone is 1. The molecule has 3 nitrogen and oxygen atoms in total. The fourth-order valence-electron chi connectivity index (χ4n) is 4.71. The topological polar surface area (TPSA) is 32.3 Å². The highest BCUT2D eigenvalue weighted by molar-refractivity contribution is 6.31. The van der Waals surface area contributed by atoms with E-state index in [1.165, 1.54) is 24.8 Å². The van der Waals surface area contributed by atoms with Crippen LogP contribution in [-0.2, 0) is 17.8 Å². The molecule has 1 aromatic rings. The van der Waals surface area contributed by atoms with Gasteiger partial charge in [-0.05, 0) is 76.4 Å². The lowest BCUT2D eigenvalue weighted by atomic mass is 9.83. The Morgan fingerprint density at radius 3 is 2.71 bits per heavy atom. The fourth-order valence-corrected chi connectivity index (χ4v) is 4.95. The number of nitrogens with one attached hydrogen (secondary N) is 1. The molecule has 2 aliphatic rings. The van der Waals surface area contributed by atoms with E-state index in [-0.39, 0.29) is 17.2 Å². The van der Waals surface area contributed by atoms with Gasteiger partial charge < -0.3 is 10.2 Å². The molecular weight excluding hydrogens is 368 g/mol. The van der Waals surface area contributed by atoms with Crippen molar-refractivity contribution < 1.29 is 4.79 Å². The summed E-state index contributed by atoms with van der Waals surface area (Å²) in [5.41, 5.74) is 4.33. The van der Waals surface area contributed by atoms with Crippen molar-refractivity contribution in [3.63, 3.8) is 0 Å². The molecule has 0 saturated heterocycles. The average molecular weight is 403 g/mol. The molecular formula is C24H35ClN2O. The van der Waals surface area contributed by atoms with E-state index < -0.39 is 0 Å². The van der Waals surface area contributed by atoms with Crippen LogP contribution in [0.25, 0.3) is 5.70 Å². The molecule has 28 heavy (non-hydrogen) atoms. The summed E-state index contributed by atoms with van der Waals surface area (Å²) in [6.07, 6.45) is 8.50. The SMILES string of the molecule is C[C@H]1CCCCC(C(=O)/C=C2\NC(C)(C)Cc3cc(Cl)c(CN(C)C)cc32)C1. The van der Waals surface area contributed by atoms with Gasteiger partial charge in [-0.1, -0.05) is 37.8 Å². The molecule has 1 heterocycles.